The Morgan fingerprint density at radius 3 is 2.57 bits per heavy atom. The molecule has 2 N–H and O–H groups in total. The van der Waals surface area contributed by atoms with Gasteiger partial charge in [0, 0.05) is 38.2 Å². The predicted octanol–water partition coefficient (Wildman–Crippen LogP) is 2.16. The smallest absolute Gasteiger partial charge is 0.225 e. The van der Waals surface area contributed by atoms with Crippen LogP contribution in [0.3, 0.4) is 0 Å². The third-order valence-corrected chi connectivity index (χ3v) is 5.66. The number of rotatable bonds is 10. The highest BCUT2D eigenvalue weighted by molar-refractivity contribution is 5.80. The molecule has 0 saturated carbocycles. The number of nitrogens with zero attached hydrogens (tertiary/aromatic N) is 2. The maximum atomic E-state index is 12.5. The summed E-state index contributed by atoms with van der Waals surface area (Å²) < 4.78 is 11.2. The Balaban J connectivity index is 1.69. The number of likely N-dealkylation sites (tertiary alicyclic amines) is 1. The second kappa shape index (κ2) is 13.0. The lowest BCUT2D eigenvalue weighted by Gasteiger charge is -2.34. The fourth-order valence-electron chi connectivity index (χ4n) is 3.87. The molecule has 0 aromatic rings. The van der Waals surface area contributed by atoms with Gasteiger partial charge in [0.25, 0.3) is 0 Å². The monoisotopic (exact) mass is 396 g/mol. The zero-order valence-electron chi connectivity index (χ0n) is 18.0. The molecule has 0 aliphatic carbocycles. The lowest BCUT2D eigenvalue weighted by molar-refractivity contribution is -0.136. The number of nitrogens with one attached hydrogen (secondary N) is 2. The van der Waals surface area contributed by atoms with Gasteiger partial charge in [-0.2, -0.15) is 0 Å². The first-order valence-corrected chi connectivity index (χ1v) is 11.2. The standard InChI is InChI=1S/C21H40N4O3/c1-4-17(5-2)20(26)25-12-9-18(10-13-25)24-21(22-6-3)23-11-15-27-16-19-8-7-14-28-19/h17-19H,4-16H2,1-3H3,(H2,22,23,24). The minimum Gasteiger partial charge on any atom is -0.377 e. The minimum absolute atomic E-state index is 0.179. The first-order valence-electron chi connectivity index (χ1n) is 11.2. The molecule has 2 aliphatic rings. The molecule has 1 atom stereocenters. The maximum Gasteiger partial charge on any atom is 0.225 e. The van der Waals surface area contributed by atoms with Gasteiger partial charge in [0.05, 0.1) is 25.9 Å². The van der Waals surface area contributed by atoms with Crippen molar-refractivity contribution < 1.29 is 14.3 Å². The fourth-order valence-corrected chi connectivity index (χ4v) is 3.87. The number of piperidine rings is 1. The van der Waals surface area contributed by atoms with Crippen LogP contribution in [0.1, 0.15) is 59.3 Å². The van der Waals surface area contributed by atoms with Gasteiger partial charge in [-0.1, -0.05) is 13.8 Å². The summed E-state index contributed by atoms with van der Waals surface area (Å²) in [4.78, 5) is 19.2. The molecule has 0 aromatic heterocycles. The average Bonchev–Trinajstić information content (AvgIpc) is 3.23. The van der Waals surface area contributed by atoms with Crippen molar-refractivity contribution in [3.63, 3.8) is 0 Å². The fraction of sp³-hybridized carbons (Fsp3) is 0.905. The van der Waals surface area contributed by atoms with Crippen molar-refractivity contribution in [2.24, 2.45) is 10.9 Å². The van der Waals surface area contributed by atoms with Gasteiger partial charge in [-0.05, 0) is 45.4 Å². The quantitative estimate of drug-likeness (QED) is 0.336. The molecule has 7 heteroatoms. The van der Waals surface area contributed by atoms with Gasteiger partial charge in [0.1, 0.15) is 0 Å². The molecule has 2 heterocycles. The van der Waals surface area contributed by atoms with Crippen molar-refractivity contribution in [1.82, 2.24) is 15.5 Å². The van der Waals surface area contributed by atoms with Crippen LogP contribution in [0.15, 0.2) is 4.99 Å². The third-order valence-electron chi connectivity index (χ3n) is 5.66. The first kappa shape index (κ1) is 22.9. The summed E-state index contributed by atoms with van der Waals surface area (Å²) in [6, 6.07) is 0.358. The van der Waals surface area contributed by atoms with Crippen LogP contribution in [-0.4, -0.2) is 74.9 Å². The lowest BCUT2D eigenvalue weighted by atomic mass is 9.98. The van der Waals surface area contributed by atoms with Crippen molar-refractivity contribution >= 4 is 11.9 Å². The summed E-state index contributed by atoms with van der Waals surface area (Å²) in [5.74, 6) is 1.35. The van der Waals surface area contributed by atoms with E-state index in [9.17, 15) is 4.79 Å². The number of carbonyl (C=O) groups is 1. The summed E-state index contributed by atoms with van der Waals surface area (Å²) >= 11 is 0. The molecule has 0 aromatic carbocycles. The maximum absolute atomic E-state index is 12.5. The number of guanidine groups is 1. The third kappa shape index (κ3) is 7.59. The van der Waals surface area contributed by atoms with Crippen LogP contribution in [0.2, 0.25) is 0 Å². The lowest BCUT2D eigenvalue weighted by Crippen LogP contribution is -2.50. The molecule has 2 saturated heterocycles. The Kier molecular flexibility index (Phi) is 10.6. The van der Waals surface area contributed by atoms with Crippen LogP contribution in [0.4, 0.5) is 0 Å². The van der Waals surface area contributed by atoms with Crippen LogP contribution in [0.5, 0.6) is 0 Å². The molecule has 0 spiro atoms. The van der Waals surface area contributed by atoms with Gasteiger partial charge >= 0.3 is 0 Å². The zero-order valence-corrected chi connectivity index (χ0v) is 18.0. The second-order valence-electron chi connectivity index (χ2n) is 7.73. The van der Waals surface area contributed by atoms with Crippen molar-refractivity contribution in [3.8, 4) is 0 Å². The molecule has 162 valence electrons. The van der Waals surface area contributed by atoms with E-state index in [2.05, 4.69) is 36.4 Å². The summed E-state index contributed by atoms with van der Waals surface area (Å²) in [5, 5.41) is 6.84. The molecule has 28 heavy (non-hydrogen) atoms. The molecular weight excluding hydrogens is 356 g/mol. The van der Waals surface area contributed by atoms with Gasteiger partial charge in [-0.3, -0.25) is 9.79 Å². The summed E-state index contributed by atoms with van der Waals surface area (Å²) in [6.07, 6.45) is 6.30. The Hall–Kier alpha value is -1.34. The molecule has 7 nitrogen and oxygen atoms in total. The topological polar surface area (TPSA) is 75.2 Å². The van der Waals surface area contributed by atoms with Crippen molar-refractivity contribution in [2.75, 3.05) is 46.0 Å². The van der Waals surface area contributed by atoms with Gasteiger partial charge < -0.3 is 25.0 Å². The summed E-state index contributed by atoms with van der Waals surface area (Å²) in [6.45, 7) is 11.5. The molecule has 2 rings (SSSR count). The van der Waals surface area contributed by atoms with Gasteiger partial charge in [0.2, 0.25) is 5.91 Å². The van der Waals surface area contributed by atoms with Crippen LogP contribution in [0, 0.1) is 5.92 Å². The molecule has 0 radical (unpaired) electrons. The Morgan fingerprint density at radius 2 is 1.96 bits per heavy atom. The van der Waals surface area contributed by atoms with Gasteiger partial charge in [-0.25, -0.2) is 0 Å². The molecule has 1 unspecified atom stereocenters. The zero-order chi connectivity index (χ0) is 20.2. The summed E-state index contributed by atoms with van der Waals surface area (Å²) in [7, 11) is 0. The van der Waals surface area contributed by atoms with Crippen LogP contribution < -0.4 is 10.6 Å². The largest absolute Gasteiger partial charge is 0.377 e. The summed E-state index contributed by atoms with van der Waals surface area (Å²) in [5.41, 5.74) is 0. The van der Waals surface area contributed by atoms with E-state index >= 15 is 0 Å². The van der Waals surface area contributed by atoms with Crippen molar-refractivity contribution in [2.45, 2.75) is 71.4 Å². The second-order valence-corrected chi connectivity index (χ2v) is 7.73. The number of carbonyl (C=O) groups excluding carboxylic acids is 1. The van der Waals surface area contributed by atoms with Gasteiger partial charge in [0.15, 0.2) is 5.96 Å². The van der Waals surface area contributed by atoms with Crippen molar-refractivity contribution in [3.05, 3.63) is 0 Å². The van der Waals surface area contributed by atoms with E-state index in [1.165, 1.54) is 0 Å². The highest BCUT2D eigenvalue weighted by Crippen LogP contribution is 2.17. The van der Waals surface area contributed by atoms with E-state index in [0.29, 0.717) is 31.7 Å². The van der Waals surface area contributed by atoms with E-state index < -0.39 is 0 Å². The molecule has 2 fully saturated rings. The average molecular weight is 397 g/mol. The molecule has 1 amide bonds. The Bertz CT molecular complexity index is 468. The minimum atomic E-state index is 0.179. The van der Waals surface area contributed by atoms with Crippen molar-refractivity contribution in [1.29, 1.82) is 0 Å². The number of hydrogen-bond acceptors (Lipinski definition) is 4. The SMILES string of the molecule is CCNC(=NCCOCC1CCCO1)NC1CCN(C(=O)C(CC)CC)CC1. The van der Waals surface area contributed by atoms with Crippen LogP contribution in [0.25, 0.3) is 0 Å². The predicted molar refractivity (Wildman–Crippen MR) is 113 cm³/mol. The normalized spacial score (nSPS) is 21.4. The van der Waals surface area contributed by atoms with E-state index in [-0.39, 0.29) is 12.0 Å². The number of hydrogen-bond donors (Lipinski definition) is 2. The van der Waals surface area contributed by atoms with E-state index in [1.54, 1.807) is 0 Å². The van der Waals surface area contributed by atoms with E-state index in [4.69, 9.17) is 9.47 Å². The van der Waals surface area contributed by atoms with Gasteiger partial charge in [-0.15, -0.1) is 0 Å². The molecule has 0 bridgehead atoms. The first-order chi connectivity index (χ1) is 13.7. The van der Waals surface area contributed by atoms with Crippen LogP contribution >= 0.6 is 0 Å². The molecular formula is C21H40N4O3. The Labute approximate surface area is 170 Å². The van der Waals surface area contributed by atoms with E-state index in [0.717, 1.165) is 70.7 Å². The number of ether oxygens (including phenoxy) is 2. The van der Waals surface area contributed by atoms with E-state index in [1.807, 2.05) is 4.90 Å². The highest BCUT2D eigenvalue weighted by atomic mass is 16.5. The Morgan fingerprint density at radius 1 is 1.21 bits per heavy atom. The van der Waals surface area contributed by atoms with Crippen LogP contribution in [-0.2, 0) is 14.3 Å². The number of amides is 1. The highest BCUT2D eigenvalue weighted by Gasteiger charge is 2.26. The number of aliphatic imine (C=N–C) groups is 1. The molecule has 2 aliphatic heterocycles.